The highest BCUT2D eigenvalue weighted by Gasteiger charge is 2.31. The molecule has 2 aliphatic rings. The van der Waals surface area contributed by atoms with Gasteiger partial charge in [-0.25, -0.2) is 9.97 Å². The van der Waals surface area contributed by atoms with Crippen molar-refractivity contribution < 1.29 is 9.53 Å². The fourth-order valence-corrected chi connectivity index (χ4v) is 4.64. The van der Waals surface area contributed by atoms with Crippen LogP contribution in [0.1, 0.15) is 60.8 Å². The van der Waals surface area contributed by atoms with Crippen LogP contribution in [0.3, 0.4) is 0 Å². The Labute approximate surface area is 179 Å². The number of amides is 1. The van der Waals surface area contributed by atoms with Crippen LogP contribution in [-0.4, -0.2) is 48.0 Å². The molecule has 1 atom stereocenters. The van der Waals surface area contributed by atoms with E-state index in [9.17, 15) is 4.79 Å². The number of carbonyl (C=O) groups excluding carboxylic acids is 1. The van der Waals surface area contributed by atoms with E-state index in [4.69, 9.17) is 14.7 Å². The summed E-state index contributed by atoms with van der Waals surface area (Å²) >= 11 is 0. The summed E-state index contributed by atoms with van der Waals surface area (Å²) in [6.45, 7) is 3.90. The van der Waals surface area contributed by atoms with Crippen molar-refractivity contribution in [1.82, 2.24) is 14.9 Å². The van der Waals surface area contributed by atoms with Gasteiger partial charge in [0.1, 0.15) is 11.6 Å². The molecule has 160 valence electrons. The zero-order valence-electron chi connectivity index (χ0n) is 18.4. The second-order valence-electron chi connectivity index (χ2n) is 8.44. The molecule has 2 aliphatic heterocycles. The van der Waals surface area contributed by atoms with E-state index in [0.717, 1.165) is 80.3 Å². The van der Waals surface area contributed by atoms with Crippen molar-refractivity contribution in [3.05, 3.63) is 46.9 Å². The molecule has 1 saturated heterocycles. The van der Waals surface area contributed by atoms with E-state index in [1.54, 1.807) is 7.11 Å². The molecular weight excluding hydrogens is 376 g/mol. The number of piperidine rings is 1. The van der Waals surface area contributed by atoms with Crippen LogP contribution < -0.4 is 9.64 Å². The molecule has 1 fully saturated rings. The predicted molar refractivity (Wildman–Crippen MR) is 118 cm³/mol. The Kier molecular flexibility index (Phi) is 6.21. The van der Waals surface area contributed by atoms with Crippen molar-refractivity contribution >= 4 is 11.7 Å². The molecule has 0 bridgehead atoms. The number of benzene rings is 1. The molecule has 2 aromatic rings. The van der Waals surface area contributed by atoms with E-state index in [1.165, 1.54) is 5.56 Å². The van der Waals surface area contributed by atoms with Crippen LogP contribution in [0.15, 0.2) is 24.3 Å². The summed E-state index contributed by atoms with van der Waals surface area (Å²) < 4.78 is 5.22. The number of likely N-dealkylation sites (tertiary alicyclic amines) is 1. The quantitative estimate of drug-likeness (QED) is 0.752. The fraction of sp³-hybridized carbons (Fsp3) is 0.542. The monoisotopic (exact) mass is 408 g/mol. The lowest BCUT2D eigenvalue weighted by molar-refractivity contribution is -0.135. The number of hydrogen-bond acceptors (Lipinski definition) is 5. The summed E-state index contributed by atoms with van der Waals surface area (Å²) in [5.41, 5.74) is 3.48. The largest absolute Gasteiger partial charge is 0.497 e. The van der Waals surface area contributed by atoms with Gasteiger partial charge in [-0.15, -0.1) is 0 Å². The molecular formula is C24H32N4O2. The van der Waals surface area contributed by atoms with E-state index < -0.39 is 0 Å². The molecule has 4 rings (SSSR count). The number of fused-ring (bicyclic) bond motifs is 1. The molecule has 0 N–H and O–H groups in total. The Balaban J connectivity index is 1.50. The molecule has 0 aliphatic carbocycles. The van der Waals surface area contributed by atoms with Crippen molar-refractivity contribution in [1.29, 1.82) is 0 Å². The van der Waals surface area contributed by atoms with E-state index >= 15 is 0 Å². The molecule has 1 amide bonds. The van der Waals surface area contributed by atoms with Crippen LogP contribution in [-0.2, 0) is 17.6 Å². The maximum atomic E-state index is 13.2. The molecule has 0 unspecified atom stereocenters. The van der Waals surface area contributed by atoms with Crippen LogP contribution in [0.4, 0.5) is 5.82 Å². The van der Waals surface area contributed by atoms with Crippen LogP contribution >= 0.6 is 0 Å². The Hall–Kier alpha value is -2.63. The number of aryl methyl sites for hydroxylation is 2. The maximum Gasteiger partial charge on any atom is 0.223 e. The lowest BCUT2D eigenvalue weighted by Crippen LogP contribution is -2.40. The van der Waals surface area contributed by atoms with Crippen molar-refractivity contribution in [2.45, 2.75) is 57.9 Å². The minimum Gasteiger partial charge on any atom is -0.497 e. The molecule has 0 radical (unpaired) electrons. The van der Waals surface area contributed by atoms with E-state index in [1.807, 2.05) is 29.2 Å². The van der Waals surface area contributed by atoms with E-state index in [2.05, 4.69) is 18.9 Å². The van der Waals surface area contributed by atoms with Gasteiger partial charge < -0.3 is 14.5 Å². The third kappa shape index (κ3) is 4.27. The molecule has 0 spiro atoms. The summed E-state index contributed by atoms with van der Waals surface area (Å²) in [4.78, 5) is 27.2. The first-order chi connectivity index (χ1) is 14.6. The van der Waals surface area contributed by atoms with Gasteiger partial charge in [-0.3, -0.25) is 4.79 Å². The first-order valence-electron chi connectivity index (χ1n) is 11.1. The average molecular weight is 409 g/mol. The lowest BCUT2D eigenvalue weighted by atomic mass is 9.98. The molecule has 1 aromatic carbocycles. The summed E-state index contributed by atoms with van der Waals surface area (Å²) in [6.07, 6.45) is 6.53. The number of carbonyl (C=O) groups is 1. The molecule has 0 saturated carbocycles. The van der Waals surface area contributed by atoms with E-state index in [0.29, 0.717) is 6.42 Å². The zero-order chi connectivity index (χ0) is 21.1. The molecule has 30 heavy (non-hydrogen) atoms. The van der Waals surface area contributed by atoms with Crippen LogP contribution in [0.2, 0.25) is 0 Å². The van der Waals surface area contributed by atoms with Crippen molar-refractivity contribution in [3.63, 3.8) is 0 Å². The fourth-order valence-electron chi connectivity index (χ4n) is 4.64. The second kappa shape index (κ2) is 9.02. The summed E-state index contributed by atoms with van der Waals surface area (Å²) in [6, 6.07) is 7.95. The normalized spacial score (nSPS) is 18.8. The molecule has 6 nitrogen and oxygen atoms in total. The highest BCUT2D eigenvalue weighted by atomic mass is 16.5. The lowest BCUT2D eigenvalue weighted by Gasteiger charge is -2.36. The highest BCUT2D eigenvalue weighted by molar-refractivity contribution is 5.77. The van der Waals surface area contributed by atoms with Crippen molar-refractivity contribution in [3.8, 4) is 5.75 Å². The predicted octanol–water partition coefficient (Wildman–Crippen LogP) is 3.86. The Morgan fingerprint density at radius 3 is 2.70 bits per heavy atom. The van der Waals surface area contributed by atoms with Gasteiger partial charge >= 0.3 is 0 Å². The Morgan fingerprint density at radius 1 is 1.13 bits per heavy atom. The van der Waals surface area contributed by atoms with Crippen molar-refractivity contribution in [2.75, 3.05) is 32.1 Å². The SMILES string of the molecule is COc1ccc(CCC(=O)N2CCCC[C@H]2c2nc(C)c3c(n2)N(C)CCC3)cc1. The van der Waals surface area contributed by atoms with Gasteiger partial charge in [0.25, 0.3) is 0 Å². The molecule has 1 aromatic heterocycles. The van der Waals surface area contributed by atoms with Gasteiger partial charge in [0, 0.05) is 37.8 Å². The van der Waals surface area contributed by atoms with Crippen molar-refractivity contribution in [2.24, 2.45) is 0 Å². The topological polar surface area (TPSA) is 58.6 Å². The number of rotatable bonds is 5. The average Bonchev–Trinajstić information content (AvgIpc) is 2.78. The number of anilines is 1. The highest BCUT2D eigenvalue weighted by Crippen LogP contribution is 2.33. The minimum absolute atomic E-state index is 0.0126. The number of methoxy groups -OCH3 is 1. The number of hydrogen-bond donors (Lipinski definition) is 0. The number of aromatic nitrogens is 2. The number of nitrogens with zero attached hydrogens (tertiary/aromatic N) is 4. The molecule has 3 heterocycles. The van der Waals surface area contributed by atoms with Gasteiger partial charge in [-0.05, 0) is 63.1 Å². The first kappa shape index (κ1) is 20.6. The smallest absolute Gasteiger partial charge is 0.223 e. The Morgan fingerprint density at radius 2 is 1.93 bits per heavy atom. The first-order valence-corrected chi connectivity index (χ1v) is 11.1. The van der Waals surface area contributed by atoms with Gasteiger partial charge in [-0.1, -0.05) is 12.1 Å². The summed E-state index contributed by atoms with van der Waals surface area (Å²) in [5.74, 6) is 2.91. The van der Waals surface area contributed by atoms with E-state index in [-0.39, 0.29) is 11.9 Å². The van der Waals surface area contributed by atoms with Gasteiger partial charge in [0.15, 0.2) is 5.82 Å². The van der Waals surface area contributed by atoms with Crippen LogP contribution in [0, 0.1) is 6.92 Å². The zero-order valence-corrected chi connectivity index (χ0v) is 18.4. The maximum absolute atomic E-state index is 13.2. The summed E-state index contributed by atoms with van der Waals surface area (Å²) in [5, 5.41) is 0. The van der Waals surface area contributed by atoms with Crippen LogP contribution in [0.5, 0.6) is 5.75 Å². The summed E-state index contributed by atoms with van der Waals surface area (Å²) in [7, 11) is 3.77. The van der Waals surface area contributed by atoms with Gasteiger partial charge in [-0.2, -0.15) is 0 Å². The Bertz CT molecular complexity index is 897. The minimum atomic E-state index is -0.0126. The van der Waals surface area contributed by atoms with Gasteiger partial charge in [0.05, 0.1) is 13.2 Å². The van der Waals surface area contributed by atoms with Gasteiger partial charge in [0.2, 0.25) is 5.91 Å². The van der Waals surface area contributed by atoms with Crippen LogP contribution in [0.25, 0.3) is 0 Å². The third-order valence-corrected chi connectivity index (χ3v) is 6.40. The molecule has 6 heteroatoms. The second-order valence-corrected chi connectivity index (χ2v) is 8.44. The standard InChI is InChI=1S/C24H32N4O2/c1-17-20-7-6-15-27(2)24(20)26-23(25-17)21-8-4-5-16-28(21)22(29)14-11-18-9-12-19(30-3)13-10-18/h9-10,12-13,21H,4-8,11,14-16H2,1-3H3/t21-/m0/s1. The number of ether oxygens (including phenoxy) is 1. The third-order valence-electron chi connectivity index (χ3n) is 6.40.